The molecular weight excluding hydrogens is 239 g/mol. The van der Waals surface area contributed by atoms with Crippen molar-refractivity contribution in [2.75, 3.05) is 0 Å². The van der Waals surface area contributed by atoms with Crippen LogP contribution in [0.25, 0.3) is 22.0 Å². The third-order valence-corrected chi connectivity index (χ3v) is 3.56. The van der Waals surface area contributed by atoms with Gasteiger partial charge in [0.2, 0.25) is 0 Å². The van der Waals surface area contributed by atoms with Crippen LogP contribution >= 0.6 is 0 Å². The second kappa shape index (κ2) is 4.19. The Hall–Kier alpha value is -2.16. The van der Waals surface area contributed by atoms with Gasteiger partial charge in [0, 0.05) is 18.6 Å². The second-order valence-electron chi connectivity index (χ2n) is 4.96. The molecular formula is C16H15FN2. The van der Waals surface area contributed by atoms with Crippen LogP contribution in [-0.2, 0) is 7.05 Å². The molecule has 0 fully saturated rings. The molecule has 3 aromatic rings. The van der Waals surface area contributed by atoms with Crippen LogP contribution in [0.2, 0.25) is 0 Å². The van der Waals surface area contributed by atoms with Gasteiger partial charge in [-0.05, 0) is 42.2 Å². The van der Waals surface area contributed by atoms with Crippen molar-refractivity contribution in [1.29, 1.82) is 0 Å². The van der Waals surface area contributed by atoms with Gasteiger partial charge in [0.05, 0.1) is 0 Å². The molecule has 1 heterocycles. The highest BCUT2D eigenvalue weighted by molar-refractivity contribution is 5.94. The highest BCUT2D eigenvalue weighted by Gasteiger charge is 2.11. The molecule has 0 radical (unpaired) electrons. The van der Waals surface area contributed by atoms with Gasteiger partial charge in [0.1, 0.15) is 5.52 Å². The minimum atomic E-state index is -0.275. The molecule has 96 valence electrons. The van der Waals surface area contributed by atoms with E-state index in [1.54, 1.807) is 4.68 Å². The zero-order valence-electron chi connectivity index (χ0n) is 11.2. The number of rotatable bonds is 1. The molecule has 0 amide bonds. The van der Waals surface area contributed by atoms with Gasteiger partial charge in [0.15, 0.2) is 5.82 Å². The summed E-state index contributed by atoms with van der Waals surface area (Å²) in [4.78, 5) is 0. The van der Waals surface area contributed by atoms with Crippen LogP contribution in [0.5, 0.6) is 0 Å². The molecule has 0 saturated carbocycles. The smallest absolute Gasteiger partial charge is 0.151 e. The lowest BCUT2D eigenvalue weighted by molar-refractivity contribution is 0.632. The molecule has 3 rings (SSSR count). The number of nitrogens with zero attached hydrogens (tertiary/aromatic N) is 2. The standard InChI is InChI=1S/C16H15FN2/c1-10-4-5-12(8-11(10)2)13-6-7-15(17)16-14(13)9-19(3)18-16/h4-9H,1-3H3. The van der Waals surface area contributed by atoms with E-state index in [1.807, 2.05) is 19.3 Å². The summed E-state index contributed by atoms with van der Waals surface area (Å²) in [6.07, 6.45) is 1.86. The van der Waals surface area contributed by atoms with E-state index in [0.717, 1.165) is 16.5 Å². The van der Waals surface area contributed by atoms with E-state index in [9.17, 15) is 4.39 Å². The van der Waals surface area contributed by atoms with Crippen molar-refractivity contribution in [2.24, 2.45) is 7.05 Å². The van der Waals surface area contributed by atoms with Crippen LogP contribution in [0.4, 0.5) is 4.39 Å². The first kappa shape index (κ1) is 11.9. The van der Waals surface area contributed by atoms with Gasteiger partial charge in [0.25, 0.3) is 0 Å². The number of fused-ring (bicyclic) bond motifs is 1. The van der Waals surface area contributed by atoms with Crippen LogP contribution < -0.4 is 0 Å². The molecule has 0 bridgehead atoms. The quantitative estimate of drug-likeness (QED) is 0.642. The van der Waals surface area contributed by atoms with Crippen molar-refractivity contribution in [1.82, 2.24) is 9.78 Å². The van der Waals surface area contributed by atoms with Crippen molar-refractivity contribution in [3.8, 4) is 11.1 Å². The zero-order valence-corrected chi connectivity index (χ0v) is 11.2. The third-order valence-electron chi connectivity index (χ3n) is 3.56. The average molecular weight is 254 g/mol. The molecule has 0 atom stereocenters. The van der Waals surface area contributed by atoms with E-state index in [1.165, 1.54) is 17.2 Å². The average Bonchev–Trinajstić information content (AvgIpc) is 2.76. The Morgan fingerprint density at radius 2 is 1.84 bits per heavy atom. The van der Waals surface area contributed by atoms with Gasteiger partial charge >= 0.3 is 0 Å². The number of halogens is 1. The fourth-order valence-corrected chi connectivity index (χ4v) is 2.35. The Labute approximate surface area is 111 Å². The summed E-state index contributed by atoms with van der Waals surface area (Å²) in [5.74, 6) is -0.275. The molecule has 0 aliphatic rings. The number of aryl methyl sites for hydroxylation is 3. The molecule has 0 unspecified atom stereocenters. The van der Waals surface area contributed by atoms with Crippen LogP contribution in [0.3, 0.4) is 0 Å². The Balaban J connectivity index is 2.30. The molecule has 0 aliphatic carbocycles. The van der Waals surface area contributed by atoms with Gasteiger partial charge in [-0.15, -0.1) is 0 Å². The lowest BCUT2D eigenvalue weighted by atomic mass is 9.98. The van der Waals surface area contributed by atoms with E-state index in [2.05, 4.69) is 37.1 Å². The Bertz CT molecular complexity index is 772. The zero-order chi connectivity index (χ0) is 13.6. The Morgan fingerprint density at radius 1 is 1.05 bits per heavy atom. The van der Waals surface area contributed by atoms with Crippen molar-refractivity contribution >= 4 is 10.9 Å². The first-order valence-electron chi connectivity index (χ1n) is 6.26. The Kier molecular flexibility index (Phi) is 2.63. The predicted molar refractivity (Wildman–Crippen MR) is 75.6 cm³/mol. The summed E-state index contributed by atoms with van der Waals surface area (Å²) in [6.45, 7) is 4.17. The summed E-state index contributed by atoms with van der Waals surface area (Å²) in [7, 11) is 1.81. The molecule has 2 nitrogen and oxygen atoms in total. The summed E-state index contributed by atoms with van der Waals surface area (Å²) in [5.41, 5.74) is 5.04. The van der Waals surface area contributed by atoms with E-state index in [-0.39, 0.29) is 5.82 Å². The first-order valence-corrected chi connectivity index (χ1v) is 6.26. The molecule has 0 aliphatic heterocycles. The van der Waals surface area contributed by atoms with E-state index >= 15 is 0 Å². The molecule has 0 spiro atoms. The topological polar surface area (TPSA) is 17.8 Å². The first-order chi connectivity index (χ1) is 9.06. The maximum Gasteiger partial charge on any atom is 0.151 e. The van der Waals surface area contributed by atoms with Gasteiger partial charge in [-0.1, -0.05) is 24.3 Å². The fraction of sp³-hybridized carbons (Fsp3) is 0.188. The van der Waals surface area contributed by atoms with Crippen LogP contribution in [0, 0.1) is 19.7 Å². The maximum atomic E-state index is 13.8. The summed E-state index contributed by atoms with van der Waals surface area (Å²) in [5, 5.41) is 5.03. The molecule has 19 heavy (non-hydrogen) atoms. The molecule has 3 heteroatoms. The van der Waals surface area contributed by atoms with Crippen molar-refractivity contribution in [3.05, 3.63) is 53.5 Å². The molecule has 0 saturated heterocycles. The fourth-order valence-electron chi connectivity index (χ4n) is 2.35. The van der Waals surface area contributed by atoms with E-state index in [0.29, 0.717) is 5.52 Å². The van der Waals surface area contributed by atoms with Crippen LogP contribution in [0.1, 0.15) is 11.1 Å². The number of hydrogen-bond acceptors (Lipinski definition) is 1. The van der Waals surface area contributed by atoms with Gasteiger partial charge < -0.3 is 0 Å². The summed E-state index contributed by atoms with van der Waals surface area (Å²) >= 11 is 0. The Morgan fingerprint density at radius 3 is 2.58 bits per heavy atom. The minimum absolute atomic E-state index is 0.275. The summed E-state index contributed by atoms with van der Waals surface area (Å²) < 4.78 is 15.4. The molecule has 0 N–H and O–H groups in total. The summed E-state index contributed by atoms with van der Waals surface area (Å²) in [6, 6.07) is 9.61. The normalized spacial score (nSPS) is 11.2. The van der Waals surface area contributed by atoms with Crippen LogP contribution in [0.15, 0.2) is 36.5 Å². The number of hydrogen-bond donors (Lipinski definition) is 0. The van der Waals surface area contributed by atoms with Crippen molar-refractivity contribution in [2.45, 2.75) is 13.8 Å². The lowest BCUT2D eigenvalue weighted by Crippen LogP contribution is -1.87. The van der Waals surface area contributed by atoms with E-state index < -0.39 is 0 Å². The van der Waals surface area contributed by atoms with Crippen molar-refractivity contribution < 1.29 is 4.39 Å². The largest absolute Gasteiger partial charge is 0.274 e. The number of aromatic nitrogens is 2. The van der Waals surface area contributed by atoms with E-state index in [4.69, 9.17) is 0 Å². The van der Waals surface area contributed by atoms with Crippen molar-refractivity contribution in [3.63, 3.8) is 0 Å². The monoisotopic (exact) mass is 254 g/mol. The highest BCUT2D eigenvalue weighted by Crippen LogP contribution is 2.30. The second-order valence-corrected chi connectivity index (χ2v) is 4.96. The van der Waals surface area contributed by atoms with Gasteiger partial charge in [-0.25, -0.2) is 4.39 Å². The molecule has 1 aromatic heterocycles. The molecule has 2 aromatic carbocycles. The third kappa shape index (κ3) is 1.91. The van der Waals surface area contributed by atoms with Gasteiger partial charge in [-0.2, -0.15) is 5.10 Å². The maximum absolute atomic E-state index is 13.8. The highest BCUT2D eigenvalue weighted by atomic mass is 19.1. The lowest BCUT2D eigenvalue weighted by Gasteiger charge is -2.07. The van der Waals surface area contributed by atoms with Gasteiger partial charge in [-0.3, -0.25) is 4.68 Å². The minimum Gasteiger partial charge on any atom is -0.274 e. The predicted octanol–water partition coefficient (Wildman–Crippen LogP) is 4.00. The number of benzene rings is 2. The van der Waals surface area contributed by atoms with Crippen LogP contribution in [-0.4, -0.2) is 9.78 Å². The SMILES string of the molecule is Cc1ccc(-c2ccc(F)c3nn(C)cc23)cc1C.